The number of carbonyl (C=O) groups excluding carboxylic acids is 1. The number of benzene rings is 1. The van der Waals surface area contributed by atoms with Gasteiger partial charge in [0.25, 0.3) is 5.91 Å². The molecule has 9 heteroatoms. The number of amides is 1. The molecule has 0 aliphatic carbocycles. The smallest absolute Gasteiger partial charge is 0.422 e. The maximum atomic E-state index is 12.6. The van der Waals surface area contributed by atoms with Crippen LogP contribution >= 0.6 is 12.4 Å². The van der Waals surface area contributed by atoms with Gasteiger partial charge in [0.05, 0.1) is 5.56 Å². The van der Waals surface area contributed by atoms with Gasteiger partial charge in [0, 0.05) is 37.3 Å². The van der Waals surface area contributed by atoms with E-state index in [1.54, 1.807) is 4.90 Å². The highest BCUT2D eigenvalue weighted by atomic mass is 35.5. The van der Waals surface area contributed by atoms with Gasteiger partial charge in [0.1, 0.15) is 0 Å². The first-order chi connectivity index (χ1) is 12.3. The number of alkyl halides is 3. The minimum absolute atomic E-state index is 0. The highest BCUT2D eigenvalue weighted by Gasteiger charge is 2.34. The van der Waals surface area contributed by atoms with Gasteiger partial charge in [-0.1, -0.05) is 30.3 Å². The van der Waals surface area contributed by atoms with E-state index in [0.29, 0.717) is 13.1 Å². The molecule has 3 rings (SSSR count). The second kappa shape index (κ2) is 8.58. The third kappa shape index (κ3) is 5.33. The van der Waals surface area contributed by atoms with Crippen molar-refractivity contribution in [2.45, 2.75) is 18.1 Å². The molecule has 0 bridgehead atoms. The van der Waals surface area contributed by atoms with Gasteiger partial charge in [-0.3, -0.25) is 4.79 Å². The molecule has 2 atom stereocenters. The van der Waals surface area contributed by atoms with Crippen molar-refractivity contribution in [3.05, 3.63) is 59.8 Å². The van der Waals surface area contributed by atoms with Crippen molar-refractivity contribution < 1.29 is 22.7 Å². The predicted molar refractivity (Wildman–Crippen MR) is 96.1 cm³/mol. The van der Waals surface area contributed by atoms with Gasteiger partial charge >= 0.3 is 6.18 Å². The zero-order chi connectivity index (χ0) is 18.7. The van der Waals surface area contributed by atoms with Crippen LogP contribution in [-0.2, 0) is 0 Å². The Morgan fingerprint density at radius 3 is 2.48 bits per heavy atom. The highest BCUT2D eigenvalue weighted by Crippen LogP contribution is 2.27. The Bertz CT molecular complexity index is 757. The summed E-state index contributed by atoms with van der Waals surface area (Å²) in [6, 6.07) is 12.2. The molecular weight excluding hydrogens is 383 g/mol. The van der Waals surface area contributed by atoms with Gasteiger partial charge < -0.3 is 15.4 Å². The normalized spacial score (nSPS) is 19.5. The lowest BCUT2D eigenvalue weighted by Gasteiger charge is -2.16. The number of nitrogens with zero attached hydrogens (tertiary/aromatic N) is 2. The molecule has 0 unspecified atom stereocenters. The highest BCUT2D eigenvalue weighted by molar-refractivity contribution is 5.94. The topological polar surface area (TPSA) is 68.5 Å². The first kappa shape index (κ1) is 21.0. The summed E-state index contributed by atoms with van der Waals surface area (Å²) in [6.45, 7) is -0.534. The Labute approximate surface area is 160 Å². The number of hydrogen-bond acceptors (Lipinski definition) is 4. The molecule has 0 saturated carbocycles. The fourth-order valence-electron chi connectivity index (χ4n) is 2.98. The van der Waals surface area contributed by atoms with Crippen LogP contribution in [0.4, 0.5) is 13.2 Å². The average molecular weight is 402 g/mol. The number of hydrogen-bond donors (Lipinski definition) is 1. The van der Waals surface area contributed by atoms with Gasteiger partial charge in [-0.15, -0.1) is 12.4 Å². The predicted octanol–water partition coefficient (Wildman–Crippen LogP) is 3.01. The minimum Gasteiger partial charge on any atom is -0.468 e. The van der Waals surface area contributed by atoms with Crippen molar-refractivity contribution in [2.75, 3.05) is 19.7 Å². The minimum atomic E-state index is -4.44. The fourth-order valence-corrected chi connectivity index (χ4v) is 2.98. The van der Waals surface area contributed by atoms with Crippen LogP contribution in [0, 0.1) is 0 Å². The lowest BCUT2D eigenvalue weighted by molar-refractivity contribution is -0.154. The first-order valence-corrected chi connectivity index (χ1v) is 8.09. The van der Waals surface area contributed by atoms with Crippen LogP contribution < -0.4 is 10.5 Å². The summed E-state index contributed by atoms with van der Waals surface area (Å²) in [5.41, 5.74) is 7.54. The van der Waals surface area contributed by atoms with Crippen molar-refractivity contribution in [1.82, 2.24) is 9.88 Å². The van der Waals surface area contributed by atoms with Crippen LogP contribution in [0.5, 0.6) is 5.88 Å². The molecule has 1 aliphatic heterocycles. The van der Waals surface area contributed by atoms with Gasteiger partial charge in [-0.25, -0.2) is 4.98 Å². The van der Waals surface area contributed by atoms with Crippen LogP contribution in [-0.4, -0.2) is 47.7 Å². The molecular formula is C18H19ClF3N3O2. The van der Waals surface area contributed by atoms with E-state index in [1.807, 2.05) is 30.3 Å². The molecule has 2 N–H and O–H groups in total. The van der Waals surface area contributed by atoms with Crippen molar-refractivity contribution in [3.63, 3.8) is 0 Å². The van der Waals surface area contributed by atoms with Crippen LogP contribution in [0.2, 0.25) is 0 Å². The lowest BCUT2D eigenvalue weighted by atomic mass is 9.95. The molecule has 0 radical (unpaired) electrons. The number of nitrogens with two attached hydrogens (primary N) is 1. The van der Waals surface area contributed by atoms with E-state index >= 15 is 0 Å². The SMILES string of the molecule is Cl.N[C@@H]1CN(C(=O)c2ccc(OCC(F)(F)F)nc2)C[C@H]1c1ccccc1. The third-order valence-electron chi connectivity index (χ3n) is 4.25. The van der Waals surface area contributed by atoms with Crippen LogP contribution in [0.3, 0.4) is 0 Å². The quantitative estimate of drug-likeness (QED) is 0.855. The summed E-state index contributed by atoms with van der Waals surface area (Å²) in [5, 5.41) is 0. The summed E-state index contributed by atoms with van der Waals surface area (Å²) in [4.78, 5) is 18.0. The summed E-state index contributed by atoms with van der Waals surface area (Å²) >= 11 is 0. The van der Waals surface area contributed by atoms with Gasteiger partial charge in [0.2, 0.25) is 5.88 Å². The van der Waals surface area contributed by atoms with Crippen LogP contribution in [0.25, 0.3) is 0 Å². The van der Waals surface area contributed by atoms with Gasteiger partial charge in [-0.2, -0.15) is 13.2 Å². The Morgan fingerprint density at radius 1 is 1.19 bits per heavy atom. The molecule has 2 heterocycles. The van der Waals surface area contributed by atoms with E-state index < -0.39 is 12.8 Å². The number of carbonyl (C=O) groups is 1. The van der Waals surface area contributed by atoms with E-state index in [1.165, 1.54) is 18.3 Å². The summed E-state index contributed by atoms with van der Waals surface area (Å²) in [7, 11) is 0. The molecule has 1 aromatic carbocycles. The van der Waals surface area contributed by atoms with Gasteiger partial charge in [-0.05, 0) is 11.6 Å². The molecule has 2 aromatic rings. The van der Waals surface area contributed by atoms with E-state index in [4.69, 9.17) is 5.73 Å². The van der Waals surface area contributed by atoms with Gasteiger partial charge in [0.15, 0.2) is 6.61 Å². The molecule has 1 amide bonds. The summed E-state index contributed by atoms with van der Waals surface area (Å²) < 4.78 is 41.0. The Balaban J connectivity index is 0.00000261. The fraction of sp³-hybridized carbons (Fsp3) is 0.333. The molecule has 1 saturated heterocycles. The lowest BCUT2D eigenvalue weighted by Crippen LogP contribution is -2.32. The second-order valence-corrected chi connectivity index (χ2v) is 6.18. The third-order valence-corrected chi connectivity index (χ3v) is 4.25. The molecule has 1 aromatic heterocycles. The average Bonchev–Trinajstić information content (AvgIpc) is 3.02. The zero-order valence-electron chi connectivity index (χ0n) is 14.2. The summed E-state index contributed by atoms with van der Waals surface area (Å²) in [5.74, 6) is -0.393. The van der Waals surface area contributed by atoms with Crippen molar-refractivity contribution in [2.24, 2.45) is 5.73 Å². The van der Waals surface area contributed by atoms with E-state index in [9.17, 15) is 18.0 Å². The van der Waals surface area contributed by atoms with Crippen molar-refractivity contribution >= 4 is 18.3 Å². The Hall–Kier alpha value is -2.32. The maximum absolute atomic E-state index is 12.6. The summed E-state index contributed by atoms with van der Waals surface area (Å²) in [6.07, 6.45) is -3.22. The standard InChI is InChI=1S/C18H18F3N3O2.ClH/c19-18(20,21)11-26-16-7-6-13(8-23-16)17(25)24-9-14(15(22)10-24)12-4-2-1-3-5-12;/h1-8,14-15H,9-11,22H2;1H/t14-,15+;/m0./s1. The largest absolute Gasteiger partial charge is 0.468 e. The maximum Gasteiger partial charge on any atom is 0.422 e. The molecule has 0 spiro atoms. The van der Waals surface area contributed by atoms with Crippen molar-refractivity contribution in [1.29, 1.82) is 0 Å². The molecule has 5 nitrogen and oxygen atoms in total. The number of pyridine rings is 1. The van der Waals surface area contributed by atoms with E-state index in [0.717, 1.165) is 5.56 Å². The molecule has 1 fully saturated rings. The van der Waals surface area contributed by atoms with Crippen LogP contribution in [0.1, 0.15) is 21.8 Å². The zero-order valence-corrected chi connectivity index (χ0v) is 15.0. The second-order valence-electron chi connectivity index (χ2n) is 6.18. The van der Waals surface area contributed by atoms with E-state index in [2.05, 4.69) is 9.72 Å². The Kier molecular flexibility index (Phi) is 6.67. The monoisotopic (exact) mass is 401 g/mol. The van der Waals surface area contributed by atoms with Crippen LogP contribution in [0.15, 0.2) is 48.7 Å². The number of ether oxygens (including phenoxy) is 1. The number of likely N-dealkylation sites (tertiary alicyclic amines) is 1. The number of rotatable bonds is 4. The molecule has 146 valence electrons. The first-order valence-electron chi connectivity index (χ1n) is 8.09. The van der Waals surface area contributed by atoms with E-state index in [-0.39, 0.29) is 41.7 Å². The number of halogens is 4. The van der Waals surface area contributed by atoms with Crippen molar-refractivity contribution in [3.8, 4) is 5.88 Å². The molecule has 27 heavy (non-hydrogen) atoms. The number of aromatic nitrogens is 1. The Morgan fingerprint density at radius 2 is 1.89 bits per heavy atom. The molecule has 1 aliphatic rings.